The SMILES string of the molecule is COC(=O)N[C@@H]1CCC[C@H]1C(=O)N1CCC[C@H]1c1ncc(-c2ccc(-c3ccc(-c4cnc([C@@H]5CCCN5C(=O)[C@](C)(OC(N)=O)c5ccccc5)[nH]4)cc3)cc2)[nH]1. The summed E-state index contributed by atoms with van der Waals surface area (Å²) in [7, 11) is 1.34. The third-order valence-electron chi connectivity index (χ3n) is 12.0. The number of nitrogens with zero attached hydrogens (tertiary/aromatic N) is 4. The number of rotatable bonds is 10. The molecule has 2 aromatic heterocycles. The smallest absolute Gasteiger partial charge is 0.407 e. The van der Waals surface area contributed by atoms with Crippen LogP contribution in [0.15, 0.2) is 91.3 Å². The molecule has 3 fully saturated rings. The molecule has 3 aromatic carbocycles. The Bertz CT molecular complexity index is 2270. The number of imidazole rings is 2. The number of carbonyl (C=O) groups is 4. The number of nitrogens with two attached hydrogens (primary N) is 1. The van der Waals surface area contributed by atoms with Gasteiger partial charge in [0.2, 0.25) is 11.5 Å². The summed E-state index contributed by atoms with van der Waals surface area (Å²) in [6.07, 6.45) is 7.70. The Morgan fingerprint density at radius 2 is 1.26 bits per heavy atom. The highest BCUT2D eigenvalue weighted by Crippen LogP contribution is 2.39. The van der Waals surface area contributed by atoms with Gasteiger partial charge in [-0.15, -0.1) is 0 Å². The molecular weight excluding hydrogens is 737 g/mol. The van der Waals surface area contributed by atoms with Crippen molar-refractivity contribution in [1.82, 2.24) is 35.1 Å². The summed E-state index contributed by atoms with van der Waals surface area (Å²) < 4.78 is 10.3. The molecule has 0 unspecified atom stereocenters. The fourth-order valence-electron chi connectivity index (χ4n) is 8.91. The second kappa shape index (κ2) is 16.2. The Kier molecular flexibility index (Phi) is 10.7. The van der Waals surface area contributed by atoms with Gasteiger partial charge in [0.25, 0.3) is 5.91 Å². The molecule has 14 heteroatoms. The molecule has 14 nitrogen and oxygen atoms in total. The molecular formula is C44H48N8O6. The molecule has 0 bridgehead atoms. The number of carbonyl (C=O) groups excluding carboxylic acids is 4. The number of benzene rings is 3. The number of ether oxygens (including phenoxy) is 2. The summed E-state index contributed by atoms with van der Waals surface area (Å²) in [6, 6.07) is 24.8. The first-order valence-corrected chi connectivity index (χ1v) is 19.9. The summed E-state index contributed by atoms with van der Waals surface area (Å²) >= 11 is 0. The van der Waals surface area contributed by atoms with E-state index in [2.05, 4.69) is 56.7 Å². The van der Waals surface area contributed by atoms with E-state index < -0.39 is 17.8 Å². The highest BCUT2D eigenvalue weighted by molar-refractivity contribution is 5.89. The lowest BCUT2D eigenvalue weighted by atomic mass is 9.93. The van der Waals surface area contributed by atoms with Crippen LogP contribution in [-0.2, 0) is 24.7 Å². The predicted molar refractivity (Wildman–Crippen MR) is 216 cm³/mol. The van der Waals surface area contributed by atoms with E-state index in [0.29, 0.717) is 30.9 Å². The monoisotopic (exact) mass is 784 g/mol. The van der Waals surface area contributed by atoms with Crippen molar-refractivity contribution in [2.24, 2.45) is 11.7 Å². The Labute approximate surface area is 336 Å². The third kappa shape index (κ3) is 7.53. The molecule has 1 aliphatic carbocycles. The first kappa shape index (κ1) is 38.4. The molecule has 300 valence electrons. The molecule has 5 atom stereocenters. The average molecular weight is 785 g/mol. The molecule has 0 spiro atoms. The maximum atomic E-state index is 14.0. The van der Waals surface area contributed by atoms with Crippen molar-refractivity contribution in [3.63, 3.8) is 0 Å². The van der Waals surface area contributed by atoms with Crippen LogP contribution < -0.4 is 11.1 Å². The molecule has 3 aliphatic rings. The molecule has 4 heterocycles. The zero-order chi connectivity index (χ0) is 40.4. The van der Waals surface area contributed by atoms with Crippen LogP contribution in [0.4, 0.5) is 9.59 Å². The van der Waals surface area contributed by atoms with Crippen LogP contribution in [0, 0.1) is 5.92 Å². The van der Waals surface area contributed by atoms with Gasteiger partial charge >= 0.3 is 12.2 Å². The Morgan fingerprint density at radius 1 is 0.724 bits per heavy atom. The van der Waals surface area contributed by atoms with E-state index in [-0.39, 0.29) is 35.9 Å². The van der Waals surface area contributed by atoms with Crippen LogP contribution in [-0.4, -0.2) is 80.0 Å². The molecule has 1 saturated carbocycles. The molecule has 5 N–H and O–H groups in total. The number of aromatic nitrogens is 4. The van der Waals surface area contributed by atoms with Gasteiger partial charge in [0, 0.05) is 24.7 Å². The van der Waals surface area contributed by atoms with Gasteiger partial charge in [-0.2, -0.15) is 0 Å². The van der Waals surface area contributed by atoms with Crippen LogP contribution in [0.3, 0.4) is 0 Å². The van der Waals surface area contributed by atoms with Gasteiger partial charge in [0.1, 0.15) is 11.6 Å². The number of hydrogen-bond acceptors (Lipinski definition) is 8. The molecule has 4 amide bonds. The van der Waals surface area contributed by atoms with Gasteiger partial charge in [-0.1, -0.05) is 85.3 Å². The van der Waals surface area contributed by atoms with Crippen molar-refractivity contribution in [2.75, 3.05) is 20.2 Å². The second-order valence-corrected chi connectivity index (χ2v) is 15.5. The van der Waals surface area contributed by atoms with Crippen molar-refractivity contribution in [2.45, 2.75) is 75.6 Å². The normalized spacial score (nSPS) is 21.4. The van der Waals surface area contributed by atoms with E-state index in [1.54, 1.807) is 42.3 Å². The molecule has 5 aromatic rings. The van der Waals surface area contributed by atoms with E-state index in [1.807, 2.05) is 29.3 Å². The summed E-state index contributed by atoms with van der Waals surface area (Å²) in [5.41, 5.74) is 10.2. The Morgan fingerprint density at radius 3 is 1.81 bits per heavy atom. The third-order valence-corrected chi connectivity index (χ3v) is 12.0. The zero-order valence-corrected chi connectivity index (χ0v) is 32.6. The van der Waals surface area contributed by atoms with E-state index in [9.17, 15) is 19.2 Å². The Balaban J connectivity index is 0.922. The van der Waals surface area contributed by atoms with Gasteiger partial charge in [-0.05, 0) is 67.7 Å². The van der Waals surface area contributed by atoms with E-state index in [0.717, 1.165) is 78.0 Å². The first-order valence-electron chi connectivity index (χ1n) is 19.9. The molecule has 58 heavy (non-hydrogen) atoms. The van der Waals surface area contributed by atoms with Gasteiger partial charge in [0.15, 0.2) is 0 Å². The fraction of sp³-hybridized carbons (Fsp3) is 0.364. The van der Waals surface area contributed by atoms with Crippen LogP contribution in [0.1, 0.15) is 81.2 Å². The van der Waals surface area contributed by atoms with Gasteiger partial charge < -0.3 is 40.3 Å². The number of nitrogens with one attached hydrogen (secondary N) is 3. The van der Waals surface area contributed by atoms with Gasteiger partial charge in [0.05, 0.1) is 48.9 Å². The molecule has 8 rings (SSSR count). The minimum atomic E-state index is -1.58. The lowest BCUT2D eigenvalue weighted by Gasteiger charge is -2.34. The summed E-state index contributed by atoms with van der Waals surface area (Å²) in [5, 5.41) is 2.86. The minimum absolute atomic E-state index is 0.0653. The average Bonchev–Trinajstić information content (AvgIpc) is 4.10. The summed E-state index contributed by atoms with van der Waals surface area (Å²) in [6.45, 7) is 2.75. The largest absolute Gasteiger partial charge is 0.453 e. The molecule has 2 aliphatic heterocycles. The quantitative estimate of drug-likeness (QED) is 0.117. The predicted octanol–water partition coefficient (Wildman–Crippen LogP) is 7.00. The summed E-state index contributed by atoms with van der Waals surface area (Å²) in [4.78, 5) is 71.5. The maximum absolute atomic E-state index is 14.0. The van der Waals surface area contributed by atoms with Crippen molar-refractivity contribution in [1.29, 1.82) is 0 Å². The standard InChI is InChI=1S/C44H48N8O6/c1-44(58-42(45)55,31-9-4-3-5-10-31)41(54)52-24-8-14-37(52)39-47-26-35(49-39)30-21-17-28(18-22-30)27-15-19-29(20-16-27)34-25-46-38(48-34)36-13-7-23-51(36)40(53)32-11-6-12-33(32)50-43(56)57-2/h3-5,9-10,15-22,25-26,32-33,36-37H,6-8,11-14,23-24H2,1-2H3,(H2,45,55)(H,46,48)(H,47,49)(H,50,56)/t32-,33-,36+,37+,44-/m1/s1. The fourth-order valence-corrected chi connectivity index (χ4v) is 8.91. The highest BCUT2D eigenvalue weighted by Gasteiger charge is 2.46. The molecule has 2 saturated heterocycles. The summed E-state index contributed by atoms with van der Waals surface area (Å²) in [5.74, 6) is 0.893. The number of aromatic amines is 2. The maximum Gasteiger partial charge on any atom is 0.407 e. The van der Waals surface area contributed by atoms with E-state index in [1.165, 1.54) is 7.11 Å². The lowest BCUT2D eigenvalue weighted by Crippen LogP contribution is -2.48. The van der Waals surface area contributed by atoms with Crippen molar-refractivity contribution < 1.29 is 28.7 Å². The van der Waals surface area contributed by atoms with Crippen molar-refractivity contribution in [3.8, 4) is 33.6 Å². The van der Waals surface area contributed by atoms with Crippen LogP contribution in [0.25, 0.3) is 33.6 Å². The number of H-pyrrole nitrogens is 2. The number of primary amides is 1. The molecule has 0 radical (unpaired) electrons. The second-order valence-electron chi connectivity index (χ2n) is 15.5. The minimum Gasteiger partial charge on any atom is -0.453 e. The van der Waals surface area contributed by atoms with Crippen LogP contribution >= 0.6 is 0 Å². The number of alkyl carbamates (subject to hydrolysis) is 1. The van der Waals surface area contributed by atoms with Gasteiger partial charge in [-0.25, -0.2) is 19.6 Å². The highest BCUT2D eigenvalue weighted by atomic mass is 16.6. The Hall–Kier alpha value is -6.44. The van der Waals surface area contributed by atoms with Crippen LogP contribution in [0.2, 0.25) is 0 Å². The number of likely N-dealkylation sites (tertiary alicyclic amines) is 2. The van der Waals surface area contributed by atoms with Crippen molar-refractivity contribution in [3.05, 3.63) is 108 Å². The first-order chi connectivity index (χ1) is 28.1. The van der Waals surface area contributed by atoms with Gasteiger partial charge in [-0.3, -0.25) is 9.59 Å². The van der Waals surface area contributed by atoms with E-state index >= 15 is 0 Å². The lowest BCUT2D eigenvalue weighted by molar-refractivity contribution is -0.151. The van der Waals surface area contributed by atoms with Crippen LogP contribution in [0.5, 0.6) is 0 Å². The van der Waals surface area contributed by atoms with E-state index in [4.69, 9.17) is 20.2 Å². The zero-order valence-electron chi connectivity index (χ0n) is 32.6. The number of amides is 4. The topological polar surface area (TPSA) is 189 Å². The van der Waals surface area contributed by atoms with Crippen molar-refractivity contribution >= 4 is 24.0 Å². The number of methoxy groups -OCH3 is 1. The number of hydrogen-bond donors (Lipinski definition) is 4.